The summed E-state index contributed by atoms with van der Waals surface area (Å²) in [5.74, 6) is -2.04. The van der Waals surface area contributed by atoms with Gasteiger partial charge in [-0.25, -0.2) is 12.8 Å². The summed E-state index contributed by atoms with van der Waals surface area (Å²) in [6, 6.07) is 9.98. The van der Waals surface area contributed by atoms with E-state index in [0.717, 1.165) is 36.1 Å². The molecule has 0 aromatic heterocycles. The predicted octanol–water partition coefficient (Wildman–Crippen LogP) is 3.13. The molecule has 1 aliphatic rings. The summed E-state index contributed by atoms with van der Waals surface area (Å²) in [6.07, 6.45) is 2.65. The SMILES string of the molecule is Cc1cc(C)cc(NC(=O)C(=O)NCC[C@H]2CCCCN2S(=O)(=O)c2ccc(F)cc2)c1. The Balaban J connectivity index is 1.58. The second-order valence-corrected chi connectivity index (χ2v) is 9.98. The molecular weight excluding hydrogens is 433 g/mol. The summed E-state index contributed by atoms with van der Waals surface area (Å²) in [7, 11) is -3.77. The number of hydrogen-bond donors (Lipinski definition) is 2. The fourth-order valence-electron chi connectivity index (χ4n) is 3.99. The third kappa shape index (κ3) is 5.92. The average molecular weight is 462 g/mol. The summed E-state index contributed by atoms with van der Waals surface area (Å²) >= 11 is 0. The predicted molar refractivity (Wildman–Crippen MR) is 120 cm³/mol. The molecule has 0 bridgehead atoms. The van der Waals surface area contributed by atoms with Crippen LogP contribution < -0.4 is 10.6 Å². The summed E-state index contributed by atoms with van der Waals surface area (Å²) in [4.78, 5) is 24.4. The fourth-order valence-corrected chi connectivity index (χ4v) is 5.71. The van der Waals surface area contributed by atoms with Crippen molar-refractivity contribution in [3.8, 4) is 0 Å². The van der Waals surface area contributed by atoms with Crippen LogP contribution in [-0.2, 0) is 19.6 Å². The van der Waals surface area contributed by atoms with Crippen molar-refractivity contribution in [2.75, 3.05) is 18.4 Å². The Kier molecular flexibility index (Phi) is 7.63. The first-order chi connectivity index (χ1) is 15.2. The normalized spacial score (nSPS) is 17.0. The lowest BCUT2D eigenvalue weighted by molar-refractivity contribution is -0.136. The van der Waals surface area contributed by atoms with E-state index < -0.39 is 27.7 Å². The van der Waals surface area contributed by atoms with E-state index in [0.29, 0.717) is 25.1 Å². The third-order valence-electron chi connectivity index (χ3n) is 5.44. The van der Waals surface area contributed by atoms with Crippen LogP contribution in [0.3, 0.4) is 0 Å². The summed E-state index contributed by atoms with van der Waals surface area (Å²) in [5.41, 5.74) is 2.49. The number of benzene rings is 2. The molecule has 1 fully saturated rings. The van der Waals surface area contributed by atoms with Crippen molar-refractivity contribution < 1.29 is 22.4 Å². The molecule has 7 nitrogen and oxygen atoms in total. The van der Waals surface area contributed by atoms with Crippen molar-refractivity contribution >= 4 is 27.5 Å². The van der Waals surface area contributed by atoms with Crippen LogP contribution in [0.1, 0.15) is 36.8 Å². The number of anilines is 1. The summed E-state index contributed by atoms with van der Waals surface area (Å²) < 4.78 is 40.7. The number of carbonyl (C=O) groups is 2. The molecule has 0 aliphatic carbocycles. The first-order valence-corrected chi connectivity index (χ1v) is 12.1. The van der Waals surface area contributed by atoms with Crippen molar-refractivity contribution in [2.45, 2.75) is 50.5 Å². The maximum Gasteiger partial charge on any atom is 0.313 e. The zero-order valence-electron chi connectivity index (χ0n) is 18.2. The Hall–Kier alpha value is -2.78. The number of carbonyl (C=O) groups excluding carboxylic acids is 2. The van der Waals surface area contributed by atoms with Crippen LogP contribution in [0.25, 0.3) is 0 Å². The molecule has 0 saturated carbocycles. The summed E-state index contributed by atoms with van der Waals surface area (Å²) in [6.45, 7) is 4.34. The number of amides is 2. The second-order valence-electron chi connectivity index (χ2n) is 8.09. The van der Waals surface area contributed by atoms with Gasteiger partial charge in [0, 0.05) is 24.8 Å². The largest absolute Gasteiger partial charge is 0.348 e. The molecule has 1 heterocycles. The van der Waals surface area contributed by atoms with Gasteiger partial charge in [-0.3, -0.25) is 9.59 Å². The van der Waals surface area contributed by atoms with Gasteiger partial charge in [-0.05, 0) is 80.6 Å². The van der Waals surface area contributed by atoms with Crippen LogP contribution in [-0.4, -0.2) is 43.7 Å². The highest BCUT2D eigenvalue weighted by molar-refractivity contribution is 7.89. The molecule has 3 rings (SSSR count). The van der Waals surface area contributed by atoms with Crippen molar-refractivity contribution in [1.82, 2.24) is 9.62 Å². The van der Waals surface area contributed by atoms with Gasteiger partial charge < -0.3 is 10.6 Å². The van der Waals surface area contributed by atoms with E-state index in [4.69, 9.17) is 0 Å². The Bertz CT molecular complexity index is 1070. The number of nitrogens with zero attached hydrogens (tertiary/aromatic N) is 1. The highest BCUT2D eigenvalue weighted by Crippen LogP contribution is 2.27. The van der Waals surface area contributed by atoms with Crippen molar-refractivity contribution in [3.05, 3.63) is 59.4 Å². The van der Waals surface area contributed by atoms with E-state index in [1.165, 1.54) is 16.4 Å². The van der Waals surface area contributed by atoms with E-state index >= 15 is 0 Å². The van der Waals surface area contributed by atoms with Gasteiger partial charge in [0.15, 0.2) is 0 Å². The van der Waals surface area contributed by atoms with E-state index in [1.807, 2.05) is 19.9 Å². The molecule has 1 saturated heterocycles. The zero-order chi connectivity index (χ0) is 23.3. The number of rotatable bonds is 6. The summed E-state index contributed by atoms with van der Waals surface area (Å²) in [5, 5.41) is 5.16. The smallest absolute Gasteiger partial charge is 0.313 e. The first kappa shape index (κ1) is 23.9. The lowest BCUT2D eigenvalue weighted by atomic mass is 10.0. The number of hydrogen-bond acceptors (Lipinski definition) is 4. The van der Waals surface area contributed by atoms with Gasteiger partial charge in [-0.2, -0.15) is 4.31 Å². The van der Waals surface area contributed by atoms with Crippen LogP contribution in [0.4, 0.5) is 10.1 Å². The first-order valence-electron chi connectivity index (χ1n) is 10.6. The van der Waals surface area contributed by atoms with Crippen LogP contribution >= 0.6 is 0 Å². The molecule has 0 spiro atoms. The monoisotopic (exact) mass is 461 g/mol. The van der Waals surface area contributed by atoms with E-state index in [9.17, 15) is 22.4 Å². The topological polar surface area (TPSA) is 95.6 Å². The Morgan fingerprint density at radius 3 is 2.34 bits per heavy atom. The quantitative estimate of drug-likeness (QED) is 0.646. The van der Waals surface area contributed by atoms with Gasteiger partial charge in [0.05, 0.1) is 4.90 Å². The van der Waals surface area contributed by atoms with Crippen LogP contribution in [0.2, 0.25) is 0 Å². The molecule has 0 unspecified atom stereocenters. The average Bonchev–Trinajstić information content (AvgIpc) is 2.73. The van der Waals surface area contributed by atoms with Crippen molar-refractivity contribution in [2.24, 2.45) is 0 Å². The fraction of sp³-hybridized carbons (Fsp3) is 0.391. The number of piperidine rings is 1. The van der Waals surface area contributed by atoms with Crippen molar-refractivity contribution in [1.29, 1.82) is 0 Å². The highest BCUT2D eigenvalue weighted by atomic mass is 32.2. The van der Waals surface area contributed by atoms with E-state index in [2.05, 4.69) is 10.6 Å². The van der Waals surface area contributed by atoms with Gasteiger partial charge in [0.25, 0.3) is 0 Å². The molecule has 0 radical (unpaired) electrons. The minimum Gasteiger partial charge on any atom is -0.348 e. The van der Waals surface area contributed by atoms with E-state index in [1.54, 1.807) is 12.1 Å². The maximum absolute atomic E-state index is 13.2. The molecule has 32 heavy (non-hydrogen) atoms. The zero-order valence-corrected chi connectivity index (χ0v) is 19.0. The minimum atomic E-state index is -3.77. The highest BCUT2D eigenvalue weighted by Gasteiger charge is 2.33. The Morgan fingerprint density at radius 2 is 1.69 bits per heavy atom. The van der Waals surface area contributed by atoms with Crippen LogP contribution in [0, 0.1) is 19.7 Å². The number of aryl methyl sites for hydroxylation is 2. The molecule has 2 amide bonds. The van der Waals surface area contributed by atoms with Gasteiger partial charge in [0.2, 0.25) is 10.0 Å². The maximum atomic E-state index is 13.2. The van der Waals surface area contributed by atoms with Gasteiger partial charge in [-0.15, -0.1) is 0 Å². The van der Waals surface area contributed by atoms with Crippen molar-refractivity contribution in [3.63, 3.8) is 0 Å². The number of sulfonamides is 1. The van der Waals surface area contributed by atoms with Crippen LogP contribution in [0.5, 0.6) is 0 Å². The lowest BCUT2D eigenvalue weighted by Crippen LogP contribution is -2.45. The van der Waals surface area contributed by atoms with Gasteiger partial charge in [-0.1, -0.05) is 12.5 Å². The molecule has 9 heteroatoms. The molecular formula is C23H28FN3O4S. The third-order valence-corrected chi connectivity index (χ3v) is 7.41. The molecule has 2 aromatic carbocycles. The Labute approximate surface area is 188 Å². The Morgan fingerprint density at radius 1 is 1.03 bits per heavy atom. The second kappa shape index (κ2) is 10.2. The molecule has 2 N–H and O–H groups in total. The standard InChI is InChI=1S/C23H28FN3O4S/c1-16-13-17(2)15-19(14-16)26-23(29)22(28)25-11-10-20-5-3-4-12-27(20)32(30,31)21-8-6-18(24)7-9-21/h6-9,13-15,20H,3-5,10-12H2,1-2H3,(H,25,28)(H,26,29)/t20-/m1/s1. The van der Waals surface area contributed by atoms with Gasteiger partial charge in [0.1, 0.15) is 5.82 Å². The molecule has 1 atom stereocenters. The number of halogens is 1. The van der Waals surface area contributed by atoms with E-state index in [-0.39, 0.29) is 17.5 Å². The minimum absolute atomic E-state index is 0.0441. The van der Waals surface area contributed by atoms with Crippen LogP contribution in [0.15, 0.2) is 47.4 Å². The van der Waals surface area contributed by atoms with Gasteiger partial charge >= 0.3 is 11.8 Å². The molecule has 1 aliphatic heterocycles. The molecule has 2 aromatic rings. The number of nitrogens with one attached hydrogen (secondary N) is 2. The molecule has 172 valence electrons. The lowest BCUT2D eigenvalue weighted by Gasteiger charge is -2.34.